The summed E-state index contributed by atoms with van der Waals surface area (Å²) in [6.45, 7) is -3.29. The van der Waals surface area contributed by atoms with Crippen LogP contribution >= 0.6 is 0 Å². The topological polar surface area (TPSA) is 553 Å². The van der Waals surface area contributed by atoms with Crippen molar-refractivity contribution < 1.29 is 167 Å². The minimum Gasteiger partial charge on any atom is -0.508 e. The molecule has 5 aromatic carbocycles. The fourth-order valence-corrected chi connectivity index (χ4v) is 11.4. The van der Waals surface area contributed by atoms with Crippen molar-refractivity contribution >= 4 is 48.2 Å². The van der Waals surface area contributed by atoms with E-state index in [0.717, 1.165) is 54.6 Å². The van der Waals surface area contributed by atoms with Gasteiger partial charge in [-0.05, 0) is 113 Å². The molecule has 35 nitrogen and oxygen atoms in total. The van der Waals surface area contributed by atoms with Gasteiger partial charge in [0, 0.05) is 42.0 Å². The van der Waals surface area contributed by atoms with E-state index in [1.807, 2.05) is 0 Å². The normalized spacial score (nSPS) is 28.4. The van der Waals surface area contributed by atoms with E-state index in [9.17, 15) is 111 Å². The Labute approximate surface area is 621 Å². The quantitative estimate of drug-likeness (QED) is 0.0199. The van der Waals surface area contributed by atoms with Crippen molar-refractivity contribution in [3.8, 4) is 74.4 Å². The Bertz CT molecular complexity index is 4360. The van der Waals surface area contributed by atoms with Crippen LogP contribution in [-0.2, 0) is 57.1 Å². The molecule has 4 fully saturated rings. The highest BCUT2D eigenvalue weighted by atomic mass is 16.7. The number of aliphatic hydroxyl groups is 12. The average Bonchev–Trinajstić information content (AvgIpc) is 0.758. The van der Waals surface area contributed by atoms with Gasteiger partial charge in [-0.3, -0.25) is 4.79 Å². The van der Waals surface area contributed by atoms with E-state index in [1.54, 1.807) is 0 Å². The summed E-state index contributed by atoms with van der Waals surface area (Å²) in [5.41, 5.74) is -0.137. The molecule has 0 radical (unpaired) electrons. The van der Waals surface area contributed by atoms with Gasteiger partial charge in [0.1, 0.15) is 159 Å². The molecular weight excluding hydrogens is 1460 g/mol. The van der Waals surface area contributed by atoms with Gasteiger partial charge in [-0.15, -0.1) is 0 Å². The number of aliphatic hydroxyl groups excluding tert-OH is 12. The highest BCUT2D eigenvalue weighted by Gasteiger charge is 2.50. The molecule has 110 heavy (non-hydrogen) atoms. The van der Waals surface area contributed by atoms with Gasteiger partial charge in [0.25, 0.3) is 0 Å². The smallest absolute Gasteiger partial charge is 0.330 e. The molecule has 0 saturated carbocycles. The van der Waals surface area contributed by atoms with Gasteiger partial charge in [0.2, 0.25) is 30.9 Å². The van der Waals surface area contributed by atoms with Crippen LogP contribution in [0.3, 0.4) is 0 Å². The monoisotopic (exact) mass is 1530 g/mol. The number of carbonyl (C=O) groups is 4. The Morgan fingerprint density at radius 1 is 0.336 bits per heavy atom. The molecule has 35 heteroatoms. The number of fused-ring (bicyclic) bond motifs is 1. The zero-order valence-corrected chi connectivity index (χ0v) is 57.1. The number of phenolic OH excluding ortho intramolecular Hbond substituents is 5. The van der Waals surface area contributed by atoms with Gasteiger partial charge in [0.15, 0.2) is 28.4 Å². The molecule has 0 aromatic heterocycles. The van der Waals surface area contributed by atoms with Crippen molar-refractivity contribution in [2.75, 3.05) is 26.4 Å². The first kappa shape index (κ1) is 80.0. The molecular formula is C75H74O35. The van der Waals surface area contributed by atoms with Gasteiger partial charge in [0.05, 0.1) is 5.56 Å². The highest BCUT2D eigenvalue weighted by molar-refractivity contribution is 5.89. The van der Waals surface area contributed by atoms with Crippen LogP contribution in [0.25, 0.3) is 47.0 Å². The molecule has 20 atom stereocenters. The molecule has 4 saturated heterocycles. The lowest BCUT2D eigenvalue weighted by Crippen LogP contribution is -2.60. The standard InChI is InChI=1S/C75H74O35/c76-39-13-1-34(2-14-39)9-21-54(81)98-30-50-59(86)63(90)67(94)72(107-50)102-43-27-45(80)44-29-49(106-75-70(97)66(93)62(89)53(110-75)33-101-57(84)24-12-37-7-19-42(79)20-8-37)71(103-46(44)28-43)38-25-47(104-73-68(95)64(91)60(87)51(108-73)31-99-55(82)22-10-35-3-15-40(77)16-4-35)58(85)48(26-38)105-74-69(96)65(92)61(88)52(109-74)32-100-56(83)23-11-36-5-17-41(78)18-6-36/h1-29,50-53,59-70,72-79,85-97H,30-33H2/t50-,51-,52-,53-,59-,60-,61-,62-,63+,64+,65+,66+,67-,68-,69-,70-,72-,73-,74-,75-/m1/s1. The summed E-state index contributed by atoms with van der Waals surface area (Å²) in [5.74, 6) is -9.61. The lowest BCUT2D eigenvalue weighted by atomic mass is 9.99. The van der Waals surface area contributed by atoms with E-state index >= 15 is 0 Å². The van der Waals surface area contributed by atoms with Crippen molar-refractivity contribution in [3.05, 3.63) is 184 Å². The predicted octanol–water partition coefficient (Wildman–Crippen LogP) is -0.288. The molecule has 0 spiro atoms. The molecule has 584 valence electrons. The first-order valence-electron chi connectivity index (χ1n) is 33.5. The number of esters is 4. The van der Waals surface area contributed by atoms with Gasteiger partial charge in [-0.25, -0.2) is 19.2 Å². The maximum atomic E-state index is 14.5. The molecule has 17 N–H and O–H groups in total. The van der Waals surface area contributed by atoms with E-state index in [1.165, 1.54) is 121 Å². The van der Waals surface area contributed by atoms with Gasteiger partial charge < -0.3 is 148 Å². The van der Waals surface area contributed by atoms with Crippen LogP contribution in [0.1, 0.15) is 22.3 Å². The highest BCUT2D eigenvalue weighted by Crippen LogP contribution is 2.47. The fraction of sp³-hybridized carbons (Fsp3) is 0.320. The molecule has 6 aliphatic rings. The largest absolute Gasteiger partial charge is 0.508 e. The third-order valence-corrected chi connectivity index (χ3v) is 17.5. The second kappa shape index (κ2) is 35.5. The van der Waals surface area contributed by atoms with E-state index in [2.05, 4.69) is 0 Å². The third-order valence-electron chi connectivity index (χ3n) is 17.5. The van der Waals surface area contributed by atoms with Crippen LogP contribution in [0, 0.1) is 0 Å². The minimum atomic E-state index is -2.27. The zero-order chi connectivity index (χ0) is 78.8. The number of benzene rings is 6. The molecule has 0 bridgehead atoms. The van der Waals surface area contributed by atoms with Crippen molar-refractivity contribution in [2.24, 2.45) is 0 Å². The Morgan fingerprint density at radius 3 is 0.918 bits per heavy atom. The lowest BCUT2D eigenvalue weighted by molar-refractivity contribution is -0.279. The summed E-state index contributed by atoms with van der Waals surface area (Å²) in [6, 6.07) is 27.2. The summed E-state index contributed by atoms with van der Waals surface area (Å²) in [4.78, 5) is 66.2. The second-order valence-corrected chi connectivity index (χ2v) is 25.3. The summed E-state index contributed by atoms with van der Waals surface area (Å²) >= 11 is 0. The maximum absolute atomic E-state index is 14.5. The summed E-state index contributed by atoms with van der Waals surface area (Å²) in [6.07, 6.45) is -31.7. The van der Waals surface area contributed by atoms with Crippen LogP contribution in [0.5, 0.6) is 51.7 Å². The maximum Gasteiger partial charge on any atom is 0.330 e. The number of ether oxygens (including phenoxy) is 12. The molecule has 5 heterocycles. The third kappa shape index (κ3) is 19.7. The van der Waals surface area contributed by atoms with Crippen molar-refractivity contribution in [1.29, 1.82) is 0 Å². The second-order valence-electron chi connectivity index (χ2n) is 25.3. The lowest BCUT2D eigenvalue weighted by Gasteiger charge is -2.40. The predicted molar refractivity (Wildman–Crippen MR) is 370 cm³/mol. The summed E-state index contributed by atoms with van der Waals surface area (Å²) in [7, 11) is 0. The molecule has 1 aliphatic carbocycles. The molecule has 5 aliphatic heterocycles. The van der Waals surface area contributed by atoms with E-state index in [0.29, 0.717) is 22.3 Å². The van der Waals surface area contributed by atoms with Crippen LogP contribution in [0.15, 0.2) is 161 Å². The average molecular weight is 1540 g/mol. The number of hydrogen-bond donors (Lipinski definition) is 17. The number of phenols is 5. The number of carbonyl (C=O) groups excluding carboxylic acids is 4. The Balaban J connectivity index is 0.958. The SMILES string of the molecule is O=C(C=Cc1ccc(O)cc1)OC[C@H]1O[C@@H](Oc2cc3oc(-c4cc(O[C@@H]5O[C@H](COC(=O)C=Cc6ccc(O)cc6)[C@@H](O)[C@H](O)[C@H]5O)c(O)c(O[C@@H]5O[C@H](COC(=O)C=Cc6ccc(O)cc6)[C@@H](O)[C@H](O)[C@H]5O)c4)c(O[C@@H]4O[C@H](COC(=O)C=Cc5ccc(O)cc5)[C@@H](O)[C@H](O)[C@H]4O)cc-3c(=O)c2)[C@H](O)[C@@H](O)[C@@H]1O. The van der Waals surface area contributed by atoms with Crippen molar-refractivity contribution in [3.63, 3.8) is 0 Å². The Morgan fingerprint density at radius 2 is 0.618 bits per heavy atom. The number of rotatable bonds is 25. The Hall–Kier alpha value is -11.1. The summed E-state index contributed by atoms with van der Waals surface area (Å²) in [5, 5.41) is 186. The zero-order valence-electron chi connectivity index (χ0n) is 57.1. The van der Waals surface area contributed by atoms with Crippen LogP contribution in [-0.4, -0.2) is 260 Å². The van der Waals surface area contributed by atoms with Crippen LogP contribution < -0.4 is 24.4 Å². The van der Waals surface area contributed by atoms with Gasteiger partial charge in [-0.1, -0.05) is 48.5 Å². The fourth-order valence-electron chi connectivity index (χ4n) is 11.4. The minimum absolute atomic E-state index is 0.0390. The summed E-state index contributed by atoms with van der Waals surface area (Å²) < 4.78 is 75.2. The van der Waals surface area contributed by atoms with Gasteiger partial charge >= 0.3 is 23.9 Å². The van der Waals surface area contributed by atoms with E-state index in [4.69, 9.17) is 61.3 Å². The van der Waals surface area contributed by atoms with Crippen LogP contribution in [0.2, 0.25) is 0 Å². The van der Waals surface area contributed by atoms with Crippen molar-refractivity contribution in [2.45, 2.75) is 123 Å². The van der Waals surface area contributed by atoms with Gasteiger partial charge in [-0.2, -0.15) is 0 Å². The first-order valence-corrected chi connectivity index (χ1v) is 33.5. The number of hydrogen-bond acceptors (Lipinski definition) is 35. The van der Waals surface area contributed by atoms with E-state index < -0.39 is 230 Å². The molecule has 5 aromatic rings. The van der Waals surface area contributed by atoms with E-state index in [-0.39, 0.29) is 23.0 Å². The van der Waals surface area contributed by atoms with Crippen molar-refractivity contribution in [1.82, 2.24) is 0 Å². The Kier molecular flexibility index (Phi) is 25.8. The molecule has 11 rings (SSSR count). The first-order chi connectivity index (χ1) is 52.5. The van der Waals surface area contributed by atoms with Crippen LogP contribution in [0.4, 0.5) is 0 Å². The number of aromatic hydroxyl groups is 5. The molecule has 0 unspecified atom stereocenters. The molecule has 0 amide bonds.